The zero-order valence-electron chi connectivity index (χ0n) is 11.0. The molecule has 3 rings (SSSR count). The zero-order valence-corrected chi connectivity index (χ0v) is 12.6. The third kappa shape index (κ3) is 2.56. The normalized spacial score (nSPS) is 18.1. The first-order valence-electron chi connectivity index (χ1n) is 6.60. The number of hydrogen-bond acceptors (Lipinski definition) is 3. The summed E-state index contributed by atoms with van der Waals surface area (Å²) in [7, 11) is 0. The second kappa shape index (κ2) is 5.67. The second-order valence-corrected chi connectivity index (χ2v) is 5.70. The van der Waals surface area contributed by atoms with Crippen molar-refractivity contribution in [2.75, 3.05) is 6.54 Å². The van der Waals surface area contributed by atoms with E-state index in [2.05, 4.69) is 56.2 Å². The van der Waals surface area contributed by atoms with Crippen LogP contribution in [0.15, 0.2) is 64.1 Å². The van der Waals surface area contributed by atoms with Crippen molar-refractivity contribution in [2.45, 2.75) is 12.6 Å². The van der Waals surface area contributed by atoms with Crippen LogP contribution in [0.3, 0.4) is 0 Å². The Balaban J connectivity index is 1.87. The molecule has 0 saturated heterocycles. The van der Waals surface area contributed by atoms with Crippen LogP contribution in [-0.4, -0.2) is 17.4 Å². The summed E-state index contributed by atoms with van der Waals surface area (Å²) in [5.74, 6) is 0.620. The van der Waals surface area contributed by atoms with Gasteiger partial charge in [-0.3, -0.25) is 4.99 Å². The van der Waals surface area contributed by atoms with Gasteiger partial charge in [-0.05, 0) is 17.2 Å². The molecule has 1 aliphatic heterocycles. The SMILES string of the molecule is NC1=NCC(c2ccccc2Br)N1Cc1ccccc1. The Kier molecular flexibility index (Phi) is 3.74. The van der Waals surface area contributed by atoms with E-state index in [-0.39, 0.29) is 6.04 Å². The largest absolute Gasteiger partial charge is 0.370 e. The monoisotopic (exact) mass is 329 g/mol. The lowest BCUT2D eigenvalue weighted by molar-refractivity contribution is 0.339. The zero-order chi connectivity index (χ0) is 13.9. The van der Waals surface area contributed by atoms with Gasteiger partial charge in [0.2, 0.25) is 0 Å². The Hall–Kier alpha value is -1.81. The van der Waals surface area contributed by atoms with Crippen LogP contribution in [-0.2, 0) is 6.54 Å². The van der Waals surface area contributed by atoms with Crippen LogP contribution in [0.1, 0.15) is 17.2 Å². The Bertz CT molecular complexity index is 625. The molecule has 3 nitrogen and oxygen atoms in total. The van der Waals surface area contributed by atoms with Crippen molar-refractivity contribution in [3.05, 3.63) is 70.2 Å². The molecule has 0 saturated carbocycles. The molecule has 1 heterocycles. The van der Waals surface area contributed by atoms with Gasteiger partial charge in [0.25, 0.3) is 0 Å². The summed E-state index contributed by atoms with van der Waals surface area (Å²) < 4.78 is 1.10. The summed E-state index contributed by atoms with van der Waals surface area (Å²) >= 11 is 3.62. The van der Waals surface area contributed by atoms with Crippen molar-refractivity contribution >= 4 is 21.9 Å². The third-order valence-corrected chi connectivity index (χ3v) is 4.28. The molecule has 0 fully saturated rings. The molecule has 0 amide bonds. The van der Waals surface area contributed by atoms with Gasteiger partial charge in [-0.15, -0.1) is 0 Å². The smallest absolute Gasteiger partial charge is 0.192 e. The van der Waals surface area contributed by atoms with E-state index in [1.165, 1.54) is 11.1 Å². The Morgan fingerprint density at radius 1 is 1.10 bits per heavy atom. The summed E-state index contributed by atoms with van der Waals surface area (Å²) in [6.45, 7) is 1.49. The lowest BCUT2D eigenvalue weighted by Gasteiger charge is -2.27. The number of guanidine groups is 1. The molecular formula is C16H16BrN3. The summed E-state index contributed by atoms with van der Waals surface area (Å²) in [5, 5.41) is 0. The number of hydrogen-bond donors (Lipinski definition) is 1. The van der Waals surface area contributed by atoms with Crippen molar-refractivity contribution in [1.29, 1.82) is 0 Å². The maximum atomic E-state index is 6.07. The molecule has 1 aliphatic rings. The van der Waals surface area contributed by atoms with Crippen LogP contribution < -0.4 is 5.73 Å². The molecular weight excluding hydrogens is 314 g/mol. The standard InChI is InChI=1S/C16H16BrN3/c17-14-9-5-4-8-13(14)15-10-19-16(18)20(15)11-12-6-2-1-3-7-12/h1-9,15H,10-11H2,(H2,18,19). The summed E-state index contributed by atoms with van der Waals surface area (Å²) in [5.41, 5.74) is 8.53. The Morgan fingerprint density at radius 2 is 1.80 bits per heavy atom. The average molecular weight is 330 g/mol. The lowest BCUT2D eigenvalue weighted by atomic mass is 10.1. The van der Waals surface area contributed by atoms with Crippen LogP contribution in [0.2, 0.25) is 0 Å². The minimum Gasteiger partial charge on any atom is -0.370 e. The molecule has 0 aliphatic carbocycles. The molecule has 2 aromatic carbocycles. The fourth-order valence-electron chi connectivity index (χ4n) is 2.51. The minimum atomic E-state index is 0.200. The van der Waals surface area contributed by atoms with Crippen molar-refractivity contribution in [1.82, 2.24) is 4.90 Å². The highest BCUT2D eigenvalue weighted by Gasteiger charge is 2.28. The fourth-order valence-corrected chi connectivity index (χ4v) is 3.06. The van der Waals surface area contributed by atoms with Gasteiger partial charge < -0.3 is 10.6 Å². The minimum absolute atomic E-state index is 0.200. The molecule has 2 aromatic rings. The Labute approximate surface area is 127 Å². The van der Waals surface area contributed by atoms with Gasteiger partial charge in [0.15, 0.2) is 5.96 Å². The highest BCUT2D eigenvalue weighted by Crippen LogP contribution is 2.31. The molecule has 20 heavy (non-hydrogen) atoms. The van der Waals surface area contributed by atoms with Crippen LogP contribution in [0, 0.1) is 0 Å². The van der Waals surface area contributed by atoms with Gasteiger partial charge in [0, 0.05) is 11.0 Å². The Morgan fingerprint density at radius 3 is 2.55 bits per heavy atom. The maximum Gasteiger partial charge on any atom is 0.192 e. The summed E-state index contributed by atoms with van der Waals surface area (Å²) in [6.07, 6.45) is 0. The van der Waals surface area contributed by atoms with Crippen molar-refractivity contribution in [3.8, 4) is 0 Å². The first-order valence-corrected chi connectivity index (χ1v) is 7.40. The molecule has 1 unspecified atom stereocenters. The number of rotatable bonds is 3. The van der Waals surface area contributed by atoms with Crippen molar-refractivity contribution in [3.63, 3.8) is 0 Å². The van der Waals surface area contributed by atoms with Crippen LogP contribution >= 0.6 is 15.9 Å². The summed E-state index contributed by atoms with van der Waals surface area (Å²) in [6, 6.07) is 18.8. The van der Waals surface area contributed by atoms with E-state index in [9.17, 15) is 0 Å². The molecule has 0 aromatic heterocycles. The fraction of sp³-hybridized carbons (Fsp3) is 0.188. The van der Waals surface area contributed by atoms with Crippen LogP contribution in [0.4, 0.5) is 0 Å². The second-order valence-electron chi connectivity index (χ2n) is 4.85. The maximum absolute atomic E-state index is 6.07. The number of benzene rings is 2. The van der Waals surface area contributed by atoms with Crippen molar-refractivity contribution < 1.29 is 0 Å². The van der Waals surface area contributed by atoms with Gasteiger partial charge in [-0.1, -0.05) is 64.5 Å². The van der Waals surface area contributed by atoms with Gasteiger partial charge in [0.1, 0.15) is 0 Å². The van der Waals surface area contributed by atoms with Gasteiger partial charge in [-0.25, -0.2) is 0 Å². The first kappa shape index (κ1) is 13.2. The van der Waals surface area contributed by atoms with Gasteiger partial charge in [-0.2, -0.15) is 0 Å². The molecule has 0 radical (unpaired) electrons. The van der Waals surface area contributed by atoms with Gasteiger partial charge >= 0.3 is 0 Å². The van der Waals surface area contributed by atoms with E-state index in [1.54, 1.807) is 0 Å². The molecule has 102 valence electrons. The van der Waals surface area contributed by atoms with Crippen LogP contribution in [0.5, 0.6) is 0 Å². The van der Waals surface area contributed by atoms with E-state index < -0.39 is 0 Å². The van der Waals surface area contributed by atoms with E-state index in [0.29, 0.717) is 12.5 Å². The van der Waals surface area contributed by atoms with Crippen LogP contribution in [0.25, 0.3) is 0 Å². The average Bonchev–Trinajstić information content (AvgIpc) is 2.82. The molecule has 0 spiro atoms. The molecule has 0 bridgehead atoms. The van der Waals surface area contributed by atoms with E-state index >= 15 is 0 Å². The molecule has 2 N–H and O–H groups in total. The summed E-state index contributed by atoms with van der Waals surface area (Å²) in [4.78, 5) is 6.57. The highest BCUT2D eigenvalue weighted by molar-refractivity contribution is 9.10. The quantitative estimate of drug-likeness (QED) is 0.938. The highest BCUT2D eigenvalue weighted by atomic mass is 79.9. The molecule has 4 heteroatoms. The topological polar surface area (TPSA) is 41.6 Å². The van der Waals surface area contributed by atoms with E-state index in [0.717, 1.165) is 11.0 Å². The van der Waals surface area contributed by atoms with Crippen molar-refractivity contribution in [2.24, 2.45) is 10.7 Å². The first-order chi connectivity index (χ1) is 9.75. The van der Waals surface area contributed by atoms with E-state index in [4.69, 9.17) is 5.73 Å². The predicted molar refractivity (Wildman–Crippen MR) is 85.4 cm³/mol. The number of aliphatic imine (C=N–C) groups is 1. The number of nitrogens with two attached hydrogens (primary N) is 1. The van der Waals surface area contributed by atoms with Gasteiger partial charge in [0.05, 0.1) is 12.6 Å². The predicted octanol–water partition coefficient (Wildman–Crippen LogP) is 3.32. The molecule has 1 atom stereocenters. The lowest BCUT2D eigenvalue weighted by Crippen LogP contribution is -2.35. The number of nitrogens with zero attached hydrogens (tertiary/aromatic N) is 2. The number of halogens is 1. The third-order valence-electron chi connectivity index (χ3n) is 3.56. The van der Waals surface area contributed by atoms with E-state index in [1.807, 2.05) is 24.3 Å².